The SMILES string of the molecule is Cc1ccc(N(CC(=O)N(Cc2ccc(Cl)cc2Cl)C(C)C(=O)NC2CCCC2)S(=O)(=O)c2ccc(C)cc2)cc1. The Morgan fingerprint density at radius 2 is 1.51 bits per heavy atom. The smallest absolute Gasteiger partial charge is 0.264 e. The van der Waals surface area contributed by atoms with Gasteiger partial charge in [-0.2, -0.15) is 0 Å². The summed E-state index contributed by atoms with van der Waals surface area (Å²) in [5.41, 5.74) is 2.80. The number of carbonyl (C=O) groups is 2. The van der Waals surface area contributed by atoms with Crippen LogP contribution in [0.3, 0.4) is 0 Å². The van der Waals surface area contributed by atoms with E-state index in [0.717, 1.165) is 41.1 Å². The maximum Gasteiger partial charge on any atom is 0.264 e. The fraction of sp³-hybridized carbons (Fsp3) is 0.355. The predicted octanol–water partition coefficient (Wildman–Crippen LogP) is 6.28. The number of carbonyl (C=O) groups excluding carboxylic acids is 2. The molecule has 218 valence electrons. The van der Waals surface area contributed by atoms with Crippen molar-refractivity contribution in [1.29, 1.82) is 0 Å². The molecule has 0 saturated heterocycles. The molecule has 1 aliphatic carbocycles. The van der Waals surface area contributed by atoms with E-state index in [0.29, 0.717) is 21.3 Å². The van der Waals surface area contributed by atoms with Crippen LogP contribution in [0.2, 0.25) is 10.0 Å². The van der Waals surface area contributed by atoms with E-state index in [4.69, 9.17) is 23.2 Å². The molecule has 1 aliphatic rings. The second-order valence-electron chi connectivity index (χ2n) is 10.6. The average Bonchev–Trinajstić information content (AvgIpc) is 3.44. The van der Waals surface area contributed by atoms with E-state index < -0.39 is 28.5 Å². The van der Waals surface area contributed by atoms with Crippen LogP contribution in [0, 0.1) is 13.8 Å². The van der Waals surface area contributed by atoms with Crippen LogP contribution in [0.25, 0.3) is 0 Å². The zero-order valence-electron chi connectivity index (χ0n) is 23.4. The molecule has 1 fully saturated rings. The number of anilines is 1. The summed E-state index contributed by atoms with van der Waals surface area (Å²) in [7, 11) is -4.12. The first kappa shape index (κ1) is 30.9. The van der Waals surface area contributed by atoms with E-state index in [2.05, 4.69) is 5.32 Å². The van der Waals surface area contributed by atoms with Crippen LogP contribution < -0.4 is 9.62 Å². The van der Waals surface area contributed by atoms with Crippen molar-refractivity contribution in [2.24, 2.45) is 0 Å². The van der Waals surface area contributed by atoms with Crippen LogP contribution in [0.4, 0.5) is 5.69 Å². The van der Waals surface area contributed by atoms with Gasteiger partial charge in [-0.3, -0.25) is 13.9 Å². The van der Waals surface area contributed by atoms with Gasteiger partial charge in [-0.15, -0.1) is 0 Å². The van der Waals surface area contributed by atoms with Crippen molar-refractivity contribution in [2.75, 3.05) is 10.8 Å². The molecule has 3 aromatic carbocycles. The molecule has 0 aromatic heterocycles. The number of rotatable bonds is 10. The lowest BCUT2D eigenvalue weighted by Gasteiger charge is -2.32. The molecule has 4 rings (SSSR count). The Morgan fingerprint density at radius 1 is 0.927 bits per heavy atom. The van der Waals surface area contributed by atoms with Gasteiger partial charge < -0.3 is 10.2 Å². The van der Waals surface area contributed by atoms with Crippen LogP contribution in [-0.4, -0.2) is 43.8 Å². The number of nitrogens with one attached hydrogen (secondary N) is 1. The normalized spacial score (nSPS) is 14.5. The Bertz CT molecular complexity index is 1490. The summed E-state index contributed by atoms with van der Waals surface area (Å²) in [4.78, 5) is 28.8. The molecule has 10 heteroatoms. The summed E-state index contributed by atoms with van der Waals surface area (Å²) in [5, 5.41) is 3.85. The van der Waals surface area contributed by atoms with Gasteiger partial charge in [0, 0.05) is 22.6 Å². The van der Waals surface area contributed by atoms with Gasteiger partial charge in [0.05, 0.1) is 10.6 Å². The highest BCUT2D eigenvalue weighted by atomic mass is 35.5. The van der Waals surface area contributed by atoms with Crippen molar-refractivity contribution in [3.63, 3.8) is 0 Å². The van der Waals surface area contributed by atoms with Gasteiger partial charge in [-0.1, -0.05) is 77.5 Å². The van der Waals surface area contributed by atoms with Gasteiger partial charge in [0.25, 0.3) is 10.0 Å². The number of aryl methyl sites for hydroxylation is 2. The van der Waals surface area contributed by atoms with Crippen molar-refractivity contribution in [2.45, 2.75) is 70.0 Å². The van der Waals surface area contributed by atoms with E-state index in [1.54, 1.807) is 61.5 Å². The number of benzene rings is 3. The molecule has 3 aromatic rings. The highest BCUT2D eigenvalue weighted by Crippen LogP contribution is 2.27. The fourth-order valence-corrected chi connectivity index (χ4v) is 6.77. The molecule has 0 bridgehead atoms. The molecule has 2 amide bonds. The monoisotopic (exact) mass is 615 g/mol. The lowest BCUT2D eigenvalue weighted by molar-refractivity contribution is -0.139. The van der Waals surface area contributed by atoms with Crippen molar-refractivity contribution < 1.29 is 18.0 Å². The Balaban J connectivity index is 1.70. The number of amides is 2. The molecule has 0 aliphatic heterocycles. The molecule has 1 unspecified atom stereocenters. The van der Waals surface area contributed by atoms with E-state index in [1.807, 2.05) is 13.8 Å². The van der Waals surface area contributed by atoms with Gasteiger partial charge in [0.15, 0.2) is 0 Å². The summed E-state index contributed by atoms with van der Waals surface area (Å²) in [6.45, 7) is 4.91. The third-order valence-corrected chi connectivity index (χ3v) is 9.81. The van der Waals surface area contributed by atoms with Crippen LogP contribution in [0.1, 0.15) is 49.3 Å². The molecule has 0 heterocycles. The van der Waals surface area contributed by atoms with Crippen LogP contribution in [0.5, 0.6) is 0 Å². The maximum absolute atomic E-state index is 14.1. The summed E-state index contributed by atoms with van der Waals surface area (Å²) >= 11 is 12.5. The summed E-state index contributed by atoms with van der Waals surface area (Å²) in [5.74, 6) is -0.833. The number of hydrogen-bond acceptors (Lipinski definition) is 4. The zero-order valence-corrected chi connectivity index (χ0v) is 25.8. The minimum Gasteiger partial charge on any atom is -0.352 e. The third kappa shape index (κ3) is 7.61. The standard InChI is InChI=1S/C31H35Cl2N3O4S/c1-21-8-14-27(15-9-21)36(41(39,40)28-16-10-22(2)11-17-28)20-30(37)35(19-24-12-13-25(32)18-29(24)33)23(3)31(38)34-26-6-4-5-7-26/h8-18,23,26H,4-7,19-20H2,1-3H3,(H,34,38). The minimum atomic E-state index is -4.12. The first-order valence-electron chi connectivity index (χ1n) is 13.7. The van der Waals surface area contributed by atoms with Crippen LogP contribution in [0.15, 0.2) is 71.6 Å². The largest absolute Gasteiger partial charge is 0.352 e. The number of nitrogens with zero attached hydrogens (tertiary/aromatic N) is 2. The highest BCUT2D eigenvalue weighted by Gasteiger charge is 2.33. The van der Waals surface area contributed by atoms with Crippen molar-refractivity contribution in [1.82, 2.24) is 10.2 Å². The molecular formula is C31H35Cl2N3O4S. The van der Waals surface area contributed by atoms with Crippen molar-refractivity contribution >= 4 is 50.7 Å². The maximum atomic E-state index is 14.1. The van der Waals surface area contributed by atoms with E-state index in [1.165, 1.54) is 17.0 Å². The molecular weight excluding hydrogens is 581 g/mol. The topological polar surface area (TPSA) is 86.8 Å². The summed E-state index contributed by atoms with van der Waals surface area (Å²) < 4.78 is 28.9. The predicted molar refractivity (Wildman–Crippen MR) is 164 cm³/mol. The van der Waals surface area contributed by atoms with Crippen molar-refractivity contribution in [3.8, 4) is 0 Å². The second kappa shape index (κ2) is 13.3. The molecule has 1 saturated carbocycles. The summed E-state index contributed by atoms with van der Waals surface area (Å²) in [6.07, 6.45) is 3.88. The molecule has 41 heavy (non-hydrogen) atoms. The van der Waals surface area contributed by atoms with Gasteiger partial charge >= 0.3 is 0 Å². The Morgan fingerprint density at radius 3 is 2.10 bits per heavy atom. The zero-order chi connectivity index (χ0) is 29.7. The average molecular weight is 617 g/mol. The number of hydrogen-bond donors (Lipinski definition) is 1. The number of halogens is 2. The van der Waals surface area contributed by atoms with Gasteiger partial charge in [0.1, 0.15) is 12.6 Å². The van der Waals surface area contributed by atoms with Crippen molar-refractivity contribution in [3.05, 3.63) is 93.5 Å². The van der Waals surface area contributed by atoms with Gasteiger partial charge in [-0.05, 0) is 75.6 Å². The minimum absolute atomic E-state index is 0.000403. The van der Waals surface area contributed by atoms with E-state index in [-0.39, 0.29) is 23.4 Å². The molecule has 7 nitrogen and oxygen atoms in total. The first-order valence-corrected chi connectivity index (χ1v) is 15.8. The molecule has 0 radical (unpaired) electrons. The second-order valence-corrected chi connectivity index (χ2v) is 13.3. The molecule has 1 atom stereocenters. The first-order chi connectivity index (χ1) is 19.5. The van der Waals surface area contributed by atoms with Gasteiger partial charge in [-0.25, -0.2) is 8.42 Å². The van der Waals surface area contributed by atoms with Crippen LogP contribution >= 0.6 is 23.2 Å². The summed E-state index contributed by atoms with van der Waals surface area (Å²) in [6, 6.07) is 17.5. The van der Waals surface area contributed by atoms with E-state index >= 15 is 0 Å². The lowest BCUT2D eigenvalue weighted by Crippen LogP contribution is -2.52. The van der Waals surface area contributed by atoms with E-state index in [9.17, 15) is 18.0 Å². The third-order valence-electron chi connectivity index (χ3n) is 7.43. The van der Waals surface area contributed by atoms with Gasteiger partial charge in [0.2, 0.25) is 11.8 Å². The highest BCUT2D eigenvalue weighted by molar-refractivity contribution is 7.92. The Hall–Kier alpha value is -3.07. The number of sulfonamides is 1. The molecule has 0 spiro atoms. The Labute approximate surface area is 252 Å². The Kier molecular flexibility index (Phi) is 10.00. The van der Waals surface area contributed by atoms with Crippen LogP contribution in [-0.2, 0) is 26.2 Å². The fourth-order valence-electron chi connectivity index (χ4n) is 4.89. The lowest BCUT2D eigenvalue weighted by atomic mass is 10.1. The molecule has 1 N–H and O–H groups in total. The quantitative estimate of drug-likeness (QED) is 0.291.